The molecule has 0 heterocycles. The second-order valence-electron chi connectivity index (χ2n) is 5.21. The van der Waals surface area contributed by atoms with Crippen molar-refractivity contribution >= 4 is 61.4 Å². The van der Waals surface area contributed by atoms with Crippen LogP contribution in [0.1, 0.15) is 58.3 Å². The van der Waals surface area contributed by atoms with Crippen LogP contribution >= 0.6 is 45.2 Å². The van der Waals surface area contributed by atoms with Gasteiger partial charge in [-0.15, -0.1) is 0 Å². The molecule has 0 aromatic carbocycles. The van der Waals surface area contributed by atoms with Crippen molar-refractivity contribution < 1.29 is 9.53 Å². The van der Waals surface area contributed by atoms with Gasteiger partial charge < -0.3 is 4.74 Å². The number of hydrogen-bond acceptors (Lipinski definition) is 2. The fraction of sp³-hybridized carbons (Fsp3) is 0.786. The molecule has 0 bridgehead atoms. The quantitative estimate of drug-likeness (QED) is 0.105. The molecule has 0 aliphatic heterocycles. The van der Waals surface area contributed by atoms with Crippen LogP contribution in [-0.2, 0) is 9.53 Å². The van der Waals surface area contributed by atoms with Crippen LogP contribution < -0.4 is 0 Å². The van der Waals surface area contributed by atoms with E-state index in [9.17, 15) is 4.79 Å². The highest BCUT2D eigenvalue weighted by Crippen LogP contribution is 2.29. The minimum atomic E-state index is -0.260. The van der Waals surface area contributed by atoms with Crippen molar-refractivity contribution in [2.45, 2.75) is 59.3 Å². The number of alkyl halides is 2. The summed E-state index contributed by atoms with van der Waals surface area (Å²) < 4.78 is 5.61. The van der Waals surface area contributed by atoms with E-state index in [1.165, 1.54) is 48.8 Å². The summed E-state index contributed by atoms with van der Waals surface area (Å²) in [6.07, 6.45) is 10.1. The Morgan fingerprint density at radius 2 is 1.58 bits per heavy atom. The van der Waals surface area contributed by atoms with Crippen molar-refractivity contribution in [2.24, 2.45) is 0 Å². The maximum absolute atomic E-state index is 11.1. The highest BCUT2D eigenvalue weighted by Gasteiger charge is 2.12. The fourth-order valence-corrected chi connectivity index (χ4v) is 2.83. The summed E-state index contributed by atoms with van der Waals surface area (Å²) in [4.78, 5) is 11.1. The van der Waals surface area contributed by atoms with Crippen molar-refractivity contribution in [3.05, 3.63) is 12.2 Å². The number of halogens is 2. The lowest BCUT2D eigenvalue weighted by atomic mass is 10.1. The van der Waals surface area contributed by atoms with E-state index < -0.39 is 0 Å². The first-order valence-corrected chi connectivity index (χ1v) is 10.2. The fourth-order valence-electron chi connectivity index (χ4n) is 1.71. The maximum atomic E-state index is 11.1. The number of ether oxygens (including phenoxy) is 1. The van der Waals surface area contributed by atoms with Gasteiger partial charge in [-0.05, 0) is 19.8 Å². The van der Waals surface area contributed by atoms with Crippen molar-refractivity contribution in [2.75, 3.05) is 6.61 Å². The Morgan fingerprint density at radius 1 is 1.11 bits per heavy atom. The van der Waals surface area contributed by atoms with E-state index in [2.05, 4.69) is 51.8 Å². The van der Waals surface area contributed by atoms with Crippen molar-refractivity contribution in [1.29, 1.82) is 0 Å². The monoisotopic (exact) mass is 508 g/mol. The maximum Gasteiger partial charge on any atom is 0.333 e. The molecule has 112 valence electrons. The number of unbranched alkanes of at least 4 members (excludes halogenated alkanes) is 6. The largest absolute Gasteiger partial charge is 0.462 e. The molecular formula is C14H26I2O2Si. The van der Waals surface area contributed by atoms with E-state index in [-0.39, 0.29) is 5.97 Å². The van der Waals surface area contributed by atoms with Crippen LogP contribution in [-0.4, -0.2) is 23.9 Å². The molecule has 0 aliphatic carbocycles. The average Bonchev–Trinajstić information content (AvgIpc) is 2.29. The summed E-state index contributed by atoms with van der Waals surface area (Å²) in [5, 5.41) is 0. The molecule has 0 unspecified atom stereocenters. The van der Waals surface area contributed by atoms with E-state index in [1.54, 1.807) is 6.92 Å². The summed E-state index contributed by atoms with van der Waals surface area (Å²) in [6.45, 7) is 5.78. The molecule has 0 aromatic heterocycles. The molecule has 0 saturated carbocycles. The topological polar surface area (TPSA) is 26.3 Å². The molecule has 0 amide bonds. The summed E-state index contributed by atoms with van der Waals surface area (Å²) in [7, 11) is 1.27. The third-order valence-electron chi connectivity index (χ3n) is 2.84. The van der Waals surface area contributed by atoms with Crippen molar-refractivity contribution in [1.82, 2.24) is 0 Å². The van der Waals surface area contributed by atoms with E-state index in [4.69, 9.17) is 4.74 Å². The predicted molar refractivity (Wildman–Crippen MR) is 103 cm³/mol. The predicted octanol–water partition coefficient (Wildman–Crippen LogP) is 4.12. The second-order valence-corrected chi connectivity index (χ2v) is 17.8. The Labute approximate surface area is 148 Å². The molecule has 0 aromatic rings. The van der Waals surface area contributed by atoms with Crippen LogP contribution in [0, 0.1) is 0 Å². The van der Waals surface area contributed by atoms with Gasteiger partial charge in [0.25, 0.3) is 0 Å². The SMILES string of the molecule is C=C(C)C(=O)OCCCCCCCCCC([SiH3])(I)I. The van der Waals surface area contributed by atoms with E-state index in [0.29, 0.717) is 13.2 Å². The zero-order valence-electron chi connectivity index (χ0n) is 12.1. The molecule has 0 aliphatic rings. The zero-order valence-corrected chi connectivity index (χ0v) is 18.5. The lowest BCUT2D eigenvalue weighted by Crippen LogP contribution is -2.09. The molecule has 19 heavy (non-hydrogen) atoms. The zero-order chi connectivity index (χ0) is 14.7. The second kappa shape index (κ2) is 11.5. The molecule has 0 spiro atoms. The van der Waals surface area contributed by atoms with Gasteiger partial charge in [0, 0.05) is 15.8 Å². The van der Waals surface area contributed by atoms with Crippen LogP contribution in [0.5, 0.6) is 0 Å². The van der Waals surface area contributed by atoms with Crippen LogP contribution in [0.25, 0.3) is 0 Å². The molecule has 0 fully saturated rings. The van der Waals surface area contributed by atoms with Crippen LogP contribution in [0.4, 0.5) is 0 Å². The highest BCUT2D eigenvalue weighted by molar-refractivity contribution is 14.2. The van der Waals surface area contributed by atoms with Gasteiger partial charge in [-0.2, -0.15) is 0 Å². The Kier molecular flexibility index (Phi) is 12.1. The third kappa shape index (κ3) is 15.1. The minimum absolute atomic E-state index is 0.260. The first-order chi connectivity index (χ1) is 8.83. The molecule has 0 atom stereocenters. The number of carbonyl (C=O) groups excluding carboxylic acids is 1. The summed E-state index contributed by atoms with van der Waals surface area (Å²) >= 11 is 5.14. The standard InChI is InChI=1S/C14H26I2O2Si/c1-12(2)13(17)18-11-9-7-5-3-4-6-8-10-14(15,16)19/h1,3-11H2,2,19H3. The van der Waals surface area contributed by atoms with Gasteiger partial charge in [0.05, 0.1) is 7.66 Å². The van der Waals surface area contributed by atoms with Crippen molar-refractivity contribution in [3.63, 3.8) is 0 Å². The normalized spacial score (nSPS) is 11.5. The lowest BCUT2D eigenvalue weighted by molar-refractivity contribution is -0.139. The van der Waals surface area contributed by atoms with E-state index in [1.807, 2.05) is 0 Å². The smallest absolute Gasteiger partial charge is 0.333 e. The minimum Gasteiger partial charge on any atom is -0.462 e. The van der Waals surface area contributed by atoms with E-state index >= 15 is 0 Å². The van der Waals surface area contributed by atoms with Gasteiger partial charge in [-0.25, -0.2) is 4.79 Å². The summed E-state index contributed by atoms with van der Waals surface area (Å²) in [5.74, 6) is -0.260. The third-order valence-corrected chi connectivity index (χ3v) is 4.42. The van der Waals surface area contributed by atoms with Crippen molar-refractivity contribution in [3.8, 4) is 0 Å². The molecule has 0 N–H and O–H groups in total. The molecule has 2 nitrogen and oxygen atoms in total. The van der Waals surface area contributed by atoms with Gasteiger partial charge in [-0.3, -0.25) is 0 Å². The van der Waals surface area contributed by atoms with E-state index in [0.717, 1.165) is 12.8 Å². The Bertz CT molecular complexity index is 275. The number of hydrogen-bond donors (Lipinski definition) is 0. The van der Waals surface area contributed by atoms with Gasteiger partial charge in [0.15, 0.2) is 0 Å². The summed E-state index contributed by atoms with van der Waals surface area (Å²) in [6, 6.07) is 0. The number of carbonyl (C=O) groups is 1. The number of esters is 1. The first kappa shape index (κ1) is 19.9. The number of rotatable bonds is 11. The van der Waals surface area contributed by atoms with Gasteiger partial charge >= 0.3 is 5.97 Å². The van der Waals surface area contributed by atoms with Crippen LogP contribution in [0.3, 0.4) is 0 Å². The molecule has 5 heteroatoms. The molecule has 0 rings (SSSR count). The Balaban J connectivity index is 3.20. The first-order valence-electron chi connectivity index (χ1n) is 7.03. The van der Waals surface area contributed by atoms with Crippen LogP contribution in [0.2, 0.25) is 0 Å². The highest BCUT2D eigenvalue weighted by atomic mass is 127. The molecule has 0 saturated heterocycles. The van der Waals surface area contributed by atoms with Crippen LogP contribution in [0.15, 0.2) is 12.2 Å². The van der Waals surface area contributed by atoms with Gasteiger partial charge in [0.1, 0.15) is 0 Å². The molecular weight excluding hydrogens is 482 g/mol. The summed E-state index contributed by atoms with van der Waals surface area (Å²) in [5.41, 5.74) is 0.487. The lowest BCUT2D eigenvalue weighted by Gasteiger charge is -2.13. The average molecular weight is 508 g/mol. The Morgan fingerprint density at radius 3 is 2.05 bits per heavy atom. The van der Waals surface area contributed by atoms with Gasteiger partial charge in [0.2, 0.25) is 0 Å². The van der Waals surface area contributed by atoms with Gasteiger partial charge in [-0.1, -0.05) is 90.3 Å². The Hall–Kier alpha value is 0.887. The molecule has 0 radical (unpaired) electrons.